The van der Waals surface area contributed by atoms with Crippen molar-refractivity contribution in [3.05, 3.63) is 59.7 Å². The van der Waals surface area contributed by atoms with E-state index in [1.54, 1.807) is 52.0 Å². The van der Waals surface area contributed by atoms with Crippen LogP contribution in [0, 0.1) is 11.8 Å². The molecule has 0 heterocycles. The molecular formula is C40H74N6O16. The zero-order chi connectivity index (χ0) is 45.1. The predicted molar refractivity (Wildman–Crippen MR) is 225 cm³/mol. The van der Waals surface area contributed by atoms with E-state index in [1.807, 2.05) is 27.7 Å². The number of amides is 4. The van der Waals surface area contributed by atoms with Crippen molar-refractivity contribution in [2.45, 2.75) is 117 Å². The molecule has 0 spiro atoms. The van der Waals surface area contributed by atoms with Gasteiger partial charge in [-0.25, -0.2) is 0 Å². The van der Waals surface area contributed by atoms with Gasteiger partial charge in [0.25, 0.3) is 11.8 Å². The van der Waals surface area contributed by atoms with Crippen LogP contribution in [0.2, 0.25) is 0 Å². The highest BCUT2D eigenvalue weighted by molar-refractivity contribution is 5.91. The lowest BCUT2D eigenvalue weighted by Crippen LogP contribution is -2.61. The Morgan fingerprint density at radius 3 is 0.935 bits per heavy atom. The second kappa shape index (κ2) is 37.3. The molecule has 4 atom stereocenters. The summed E-state index contributed by atoms with van der Waals surface area (Å²) in [5, 5.41) is 67.3. The van der Waals surface area contributed by atoms with Crippen LogP contribution in [-0.4, -0.2) is 127 Å². The highest BCUT2D eigenvalue weighted by Gasteiger charge is 2.26. The van der Waals surface area contributed by atoms with Crippen LogP contribution in [-0.2, 0) is 41.6 Å². The highest BCUT2D eigenvalue weighted by Crippen LogP contribution is 2.13. The summed E-state index contributed by atoms with van der Waals surface area (Å²) < 4.78 is 0. The van der Waals surface area contributed by atoms with Crippen LogP contribution in [0.5, 0.6) is 11.5 Å². The average molecular weight is 895 g/mol. The SMILES string of the molecule is CC(C)C[C@H](NC(=O)C[NH3+])C(=O)N[C@@H](Cc1ccc(O)cc1)C(=O)[O-].CC(C)C[C@H](NC(=O)C[NH3+])C(=O)N[C@@H](Cc1ccc(O)cc1)C(=O)[O-].CC(C)O.CC(C)O.O.O.O.O. The standard InChI is InChI=1S/2C17H25N3O5.2C3H8O.4H2O/c2*1-10(2)7-13(19-15(22)9-18)16(23)20-14(17(24)25)8-11-3-5-12(21)6-4-11;2*1-3(2)4;;;;/h2*3-6,10,13-14,21H,7-9,18H2,1-2H3,(H,19,22)(H,20,23)(H,24,25);2*3-4H,1-2H3;4*1H2/t2*13-,14-;;;;;;/m00....../s1. The fraction of sp³-hybridized carbons (Fsp3) is 0.550. The van der Waals surface area contributed by atoms with Crippen LogP contribution in [0.4, 0.5) is 0 Å². The first-order valence-electron chi connectivity index (χ1n) is 19.0. The number of carbonyl (C=O) groups excluding carboxylic acids is 6. The number of rotatable bonds is 18. The molecule has 0 radical (unpaired) electrons. The third kappa shape index (κ3) is 35.3. The van der Waals surface area contributed by atoms with E-state index in [1.165, 1.54) is 24.3 Å². The summed E-state index contributed by atoms with van der Waals surface area (Å²) >= 11 is 0. The number of benzene rings is 2. The van der Waals surface area contributed by atoms with Crippen molar-refractivity contribution in [3.8, 4) is 11.5 Å². The molecule has 2 aromatic carbocycles. The maximum Gasteiger partial charge on any atom is 0.275 e. The molecule has 0 saturated carbocycles. The molecule has 2 rings (SSSR count). The van der Waals surface area contributed by atoms with Gasteiger partial charge in [0.2, 0.25) is 11.8 Å². The molecule has 0 fully saturated rings. The van der Waals surface area contributed by atoms with E-state index < -0.39 is 47.9 Å². The number of quaternary nitrogens is 2. The number of carboxylic acids is 2. The lowest BCUT2D eigenvalue weighted by molar-refractivity contribution is -0.355. The van der Waals surface area contributed by atoms with Crippen molar-refractivity contribution in [1.82, 2.24) is 21.3 Å². The van der Waals surface area contributed by atoms with Gasteiger partial charge in [-0.3, -0.25) is 19.2 Å². The first kappa shape index (κ1) is 68.3. The van der Waals surface area contributed by atoms with E-state index in [4.69, 9.17) is 10.2 Å². The van der Waals surface area contributed by atoms with Gasteiger partial charge in [-0.15, -0.1) is 0 Å². The summed E-state index contributed by atoms with van der Waals surface area (Å²) in [6.45, 7) is 14.4. The van der Waals surface area contributed by atoms with Gasteiger partial charge in [-0.05, 0) is 101 Å². The van der Waals surface area contributed by atoms with Gasteiger partial charge in [-0.1, -0.05) is 52.0 Å². The molecule has 2 aromatic rings. The van der Waals surface area contributed by atoms with E-state index in [9.17, 15) is 49.2 Å². The van der Waals surface area contributed by atoms with Crippen molar-refractivity contribution in [2.75, 3.05) is 13.1 Å². The molecule has 22 heteroatoms. The minimum Gasteiger partial charge on any atom is -0.548 e. The second-order valence-corrected chi connectivity index (χ2v) is 14.7. The monoisotopic (exact) mass is 895 g/mol. The molecule has 0 aromatic heterocycles. The van der Waals surface area contributed by atoms with E-state index >= 15 is 0 Å². The number of aromatic hydroxyl groups is 2. The molecule has 22 N–H and O–H groups in total. The Balaban J connectivity index is -0.000000204. The molecule has 360 valence electrons. The molecule has 0 aliphatic carbocycles. The van der Waals surface area contributed by atoms with Crippen molar-refractivity contribution < 1.29 is 92.8 Å². The second-order valence-electron chi connectivity index (χ2n) is 14.7. The maximum atomic E-state index is 12.4. The number of aliphatic hydroxyl groups excluding tert-OH is 2. The quantitative estimate of drug-likeness (QED) is 0.0668. The van der Waals surface area contributed by atoms with Gasteiger partial charge in [0.05, 0.1) is 24.0 Å². The normalized spacial score (nSPS) is 11.7. The van der Waals surface area contributed by atoms with Crippen LogP contribution < -0.4 is 42.9 Å². The molecule has 0 aliphatic rings. The third-order valence-electron chi connectivity index (χ3n) is 7.13. The Morgan fingerprint density at radius 1 is 0.500 bits per heavy atom. The van der Waals surface area contributed by atoms with Crippen LogP contribution in [0.15, 0.2) is 48.5 Å². The van der Waals surface area contributed by atoms with Crippen molar-refractivity contribution in [1.29, 1.82) is 0 Å². The molecule has 0 aliphatic heterocycles. The average Bonchev–Trinajstić information content (AvgIpc) is 3.11. The molecular weight excluding hydrogens is 820 g/mol. The number of hydrogen-bond acceptors (Lipinski definition) is 12. The molecule has 0 bridgehead atoms. The predicted octanol–water partition coefficient (Wildman–Crippen LogP) is -6.64. The van der Waals surface area contributed by atoms with Crippen molar-refractivity contribution in [2.24, 2.45) is 11.8 Å². The zero-order valence-electron chi connectivity index (χ0n) is 36.9. The summed E-state index contributed by atoms with van der Waals surface area (Å²) in [5.74, 6) is -4.41. The number of carbonyl (C=O) groups is 6. The fourth-order valence-corrected chi connectivity index (χ4v) is 4.61. The molecule has 62 heavy (non-hydrogen) atoms. The minimum absolute atomic E-state index is 0. The minimum atomic E-state index is -1.42. The Morgan fingerprint density at radius 2 is 0.742 bits per heavy atom. The zero-order valence-corrected chi connectivity index (χ0v) is 36.9. The van der Waals surface area contributed by atoms with E-state index in [2.05, 4.69) is 32.7 Å². The van der Waals surface area contributed by atoms with Crippen LogP contribution >= 0.6 is 0 Å². The summed E-state index contributed by atoms with van der Waals surface area (Å²) in [6, 6.07) is 7.80. The van der Waals surface area contributed by atoms with Crippen molar-refractivity contribution in [3.63, 3.8) is 0 Å². The van der Waals surface area contributed by atoms with Gasteiger partial charge >= 0.3 is 0 Å². The smallest absolute Gasteiger partial charge is 0.275 e. The number of carboxylic acid groups (broad SMARTS) is 2. The van der Waals surface area contributed by atoms with Crippen molar-refractivity contribution >= 4 is 35.6 Å². The Hall–Kier alpha value is -5.46. The molecule has 22 nitrogen and oxygen atoms in total. The number of aliphatic carboxylic acids is 2. The van der Waals surface area contributed by atoms with E-state index in [0.29, 0.717) is 24.0 Å². The molecule has 0 saturated heterocycles. The summed E-state index contributed by atoms with van der Waals surface area (Å²) in [5.41, 5.74) is 8.16. The lowest BCUT2D eigenvalue weighted by Gasteiger charge is -2.25. The number of nitrogens with one attached hydrogen (secondary N) is 4. The Bertz CT molecular complexity index is 1410. The van der Waals surface area contributed by atoms with Gasteiger partial charge in [0.1, 0.15) is 23.6 Å². The summed E-state index contributed by atoms with van der Waals surface area (Å²) in [7, 11) is 0. The fourth-order valence-electron chi connectivity index (χ4n) is 4.61. The number of phenols is 2. The Kier molecular flexibility index (Phi) is 41.1. The largest absolute Gasteiger partial charge is 0.548 e. The van der Waals surface area contributed by atoms with Gasteiger partial charge < -0.3 is 94.9 Å². The first-order chi connectivity index (χ1) is 26.9. The van der Waals surface area contributed by atoms with Crippen LogP contribution in [0.3, 0.4) is 0 Å². The lowest BCUT2D eigenvalue weighted by atomic mass is 10.0. The number of hydrogen-bond donors (Lipinski definition) is 10. The maximum absolute atomic E-state index is 12.4. The van der Waals surface area contributed by atoms with Crippen LogP contribution in [0.25, 0.3) is 0 Å². The summed E-state index contributed by atoms with van der Waals surface area (Å²) in [6.07, 6.45) is 0.422. The van der Waals surface area contributed by atoms with Crippen LogP contribution in [0.1, 0.15) is 79.4 Å². The topological polar surface area (TPSA) is 459 Å². The third-order valence-corrected chi connectivity index (χ3v) is 7.13. The number of phenolic OH excluding ortho intramolecular Hbond substituents is 2. The van der Waals surface area contributed by atoms with Gasteiger partial charge in [-0.2, -0.15) is 0 Å². The van der Waals surface area contributed by atoms with E-state index in [0.717, 1.165) is 0 Å². The Labute approximate surface area is 362 Å². The van der Waals surface area contributed by atoms with Gasteiger partial charge in [0, 0.05) is 12.2 Å². The molecule has 0 unspecified atom stereocenters. The molecule has 4 amide bonds. The number of aliphatic hydroxyl groups is 2. The van der Waals surface area contributed by atoms with E-state index in [-0.39, 0.29) is 95.2 Å². The first-order valence-corrected chi connectivity index (χ1v) is 19.0. The van der Waals surface area contributed by atoms with Gasteiger partial charge in [0.15, 0.2) is 13.1 Å². The highest BCUT2D eigenvalue weighted by atomic mass is 16.4. The summed E-state index contributed by atoms with van der Waals surface area (Å²) in [4.78, 5) is 70.6.